The minimum Gasteiger partial charge on any atom is -0.493 e. The van der Waals surface area contributed by atoms with Crippen LogP contribution in [0.1, 0.15) is 31.5 Å². The minimum atomic E-state index is 0.641. The zero-order valence-corrected chi connectivity index (χ0v) is 16.0. The van der Waals surface area contributed by atoms with Gasteiger partial charge in [0.2, 0.25) is 0 Å². The Morgan fingerprint density at radius 3 is 2.65 bits per heavy atom. The summed E-state index contributed by atoms with van der Waals surface area (Å²) in [4.78, 5) is 8.61. The number of guanidine groups is 1. The van der Waals surface area contributed by atoms with E-state index in [0.29, 0.717) is 12.5 Å². The lowest BCUT2D eigenvalue weighted by atomic mass is 10.1. The molecule has 1 aromatic heterocycles. The van der Waals surface area contributed by atoms with Gasteiger partial charge in [-0.1, -0.05) is 38.1 Å². The van der Waals surface area contributed by atoms with Crippen LogP contribution >= 0.6 is 0 Å². The van der Waals surface area contributed by atoms with Crippen molar-refractivity contribution < 1.29 is 4.74 Å². The molecule has 0 unspecified atom stereocenters. The maximum atomic E-state index is 5.94. The van der Waals surface area contributed by atoms with E-state index in [1.165, 1.54) is 0 Å². The SMILES string of the molecule is CN=C(NCCc1ccccn1)NCc1ccccc1OCCC(C)C. The number of nitrogens with one attached hydrogen (secondary N) is 2. The fourth-order valence-corrected chi connectivity index (χ4v) is 2.45. The zero-order valence-electron chi connectivity index (χ0n) is 16.0. The fourth-order valence-electron chi connectivity index (χ4n) is 2.45. The Bertz CT molecular complexity index is 671. The van der Waals surface area contributed by atoms with Crippen molar-refractivity contribution in [2.45, 2.75) is 33.2 Å². The Morgan fingerprint density at radius 2 is 1.92 bits per heavy atom. The molecule has 0 spiro atoms. The third-order valence-electron chi connectivity index (χ3n) is 4.00. The molecule has 1 aromatic carbocycles. The van der Waals surface area contributed by atoms with E-state index in [2.05, 4.69) is 40.5 Å². The molecule has 26 heavy (non-hydrogen) atoms. The lowest BCUT2D eigenvalue weighted by molar-refractivity contribution is 0.286. The molecule has 0 radical (unpaired) electrons. The Balaban J connectivity index is 1.80. The second kappa shape index (κ2) is 11.1. The Labute approximate surface area is 156 Å². The van der Waals surface area contributed by atoms with Gasteiger partial charge in [0.1, 0.15) is 5.75 Å². The number of nitrogens with zero attached hydrogens (tertiary/aromatic N) is 2. The van der Waals surface area contributed by atoms with Gasteiger partial charge in [-0.15, -0.1) is 0 Å². The van der Waals surface area contributed by atoms with Gasteiger partial charge in [0, 0.05) is 44.0 Å². The van der Waals surface area contributed by atoms with Crippen molar-refractivity contribution in [1.29, 1.82) is 0 Å². The molecule has 0 aliphatic rings. The van der Waals surface area contributed by atoms with Gasteiger partial charge >= 0.3 is 0 Å². The van der Waals surface area contributed by atoms with Crippen molar-refractivity contribution in [2.75, 3.05) is 20.2 Å². The third kappa shape index (κ3) is 7.13. The smallest absolute Gasteiger partial charge is 0.191 e. The average molecular weight is 354 g/mol. The molecular weight excluding hydrogens is 324 g/mol. The summed E-state index contributed by atoms with van der Waals surface area (Å²) in [6.45, 7) is 6.60. The first-order chi connectivity index (χ1) is 12.7. The van der Waals surface area contributed by atoms with E-state index in [1.807, 2.05) is 42.6 Å². The highest BCUT2D eigenvalue weighted by Gasteiger charge is 2.05. The topological polar surface area (TPSA) is 58.5 Å². The molecule has 1 heterocycles. The molecule has 2 rings (SSSR count). The van der Waals surface area contributed by atoms with Gasteiger partial charge in [-0.3, -0.25) is 9.98 Å². The molecule has 0 saturated carbocycles. The van der Waals surface area contributed by atoms with E-state index in [4.69, 9.17) is 4.74 Å². The van der Waals surface area contributed by atoms with Gasteiger partial charge < -0.3 is 15.4 Å². The Hall–Kier alpha value is -2.56. The number of benzene rings is 1. The summed E-state index contributed by atoms with van der Waals surface area (Å²) in [5, 5.41) is 6.67. The highest BCUT2D eigenvalue weighted by Crippen LogP contribution is 2.18. The monoisotopic (exact) mass is 354 g/mol. The highest BCUT2D eigenvalue weighted by atomic mass is 16.5. The van der Waals surface area contributed by atoms with Gasteiger partial charge in [-0.2, -0.15) is 0 Å². The second-order valence-electron chi connectivity index (χ2n) is 6.56. The summed E-state index contributed by atoms with van der Waals surface area (Å²) < 4.78 is 5.94. The first kappa shape index (κ1) is 19.8. The molecule has 0 aliphatic heterocycles. The molecule has 0 saturated heterocycles. The Morgan fingerprint density at radius 1 is 1.12 bits per heavy atom. The number of hydrogen-bond donors (Lipinski definition) is 2. The average Bonchev–Trinajstić information content (AvgIpc) is 2.66. The van der Waals surface area contributed by atoms with Crippen LogP contribution in [0.2, 0.25) is 0 Å². The van der Waals surface area contributed by atoms with Crippen molar-refractivity contribution in [3.05, 3.63) is 59.9 Å². The molecule has 0 bridgehead atoms. The maximum Gasteiger partial charge on any atom is 0.191 e. The molecule has 5 heteroatoms. The van der Waals surface area contributed by atoms with Crippen LogP contribution in [0.3, 0.4) is 0 Å². The first-order valence-corrected chi connectivity index (χ1v) is 9.24. The van der Waals surface area contributed by atoms with Crippen LogP contribution in [0.15, 0.2) is 53.7 Å². The predicted octanol–water partition coefficient (Wildman–Crippen LogP) is 3.41. The first-order valence-electron chi connectivity index (χ1n) is 9.24. The van der Waals surface area contributed by atoms with Crippen molar-refractivity contribution in [2.24, 2.45) is 10.9 Å². The van der Waals surface area contributed by atoms with E-state index in [0.717, 1.165) is 49.0 Å². The largest absolute Gasteiger partial charge is 0.493 e. The summed E-state index contributed by atoms with van der Waals surface area (Å²) >= 11 is 0. The van der Waals surface area contributed by atoms with Gasteiger partial charge in [0.05, 0.1) is 6.61 Å². The van der Waals surface area contributed by atoms with Crippen molar-refractivity contribution in [3.8, 4) is 5.75 Å². The standard InChI is InChI=1S/C21H30N4O/c1-17(2)12-15-26-20-10-5-4-8-18(20)16-25-21(22-3)24-14-11-19-9-6-7-13-23-19/h4-10,13,17H,11-12,14-16H2,1-3H3,(H2,22,24,25). The molecule has 0 fully saturated rings. The number of hydrogen-bond acceptors (Lipinski definition) is 3. The van der Waals surface area contributed by atoms with E-state index in [-0.39, 0.29) is 0 Å². The van der Waals surface area contributed by atoms with Gasteiger partial charge in [0.15, 0.2) is 5.96 Å². The molecular formula is C21H30N4O. The zero-order chi connectivity index (χ0) is 18.6. The third-order valence-corrected chi connectivity index (χ3v) is 4.00. The van der Waals surface area contributed by atoms with Crippen LogP contribution in [-0.4, -0.2) is 31.1 Å². The van der Waals surface area contributed by atoms with Crippen LogP contribution in [-0.2, 0) is 13.0 Å². The summed E-state index contributed by atoms with van der Waals surface area (Å²) in [6.07, 6.45) is 3.73. The molecule has 0 atom stereocenters. The van der Waals surface area contributed by atoms with Crippen LogP contribution < -0.4 is 15.4 Å². The van der Waals surface area contributed by atoms with Crippen molar-refractivity contribution in [1.82, 2.24) is 15.6 Å². The number of aromatic nitrogens is 1. The predicted molar refractivity (Wildman–Crippen MR) is 108 cm³/mol. The van der Waals surface area contributed by atoms with Crippen LogP contribution in [0.25, 0.3) is 0 Å². The van der Waals surface area contributed by atoms with Gasteiger partial charge in [-0.25, -0.2) is 0 Å². The molecule has 0 amide bonds. The van der Waals surface area contributed by atoms with E-state index in [1.54, 1.807) is 7.05 Å². The summed E-state index contributed by atoms with van der Waals surface area (Å²) in [7, 11) is 1.78. The van der Waals surface area contributed by atoms with E-state index >= 15 is 0 Å². The van der Waals surface area contributed by atoms with Crippen LogP contribution in [0, 0.1) is 5.92 Å². The lowest BCUT2D eigenvalue weighted by Gasteiger charge is -2.15. The lowest BCUT2D eigenvalue weighted by Crippen LogP contribution is -2.38. The minimum absolute atomic E-state index is 0.641. The Kier molecular flexibility index (Phi) is 8.46. The normalized spacial score (nSPS) is 11.5. The van der Waals surface area contributed by atoms with Crippen molar-refractivity contribution in [3.63, 3.8) is 0 Å². The number of para-hydroxylation sites is 1. The maximum absolute atomic E-state index is 5.94. The van der Waals surface area contributed by atoms with Crippen LogP contribution in [0.4, 0.5) is 0 Å². The number of rotatable bonds is 9. The quantitative estimate of drug-likeness (QED) is 0.535. The van der Waals surface area contributed by atoms with Gasteiger partial charge in [-0.05, 0) is 30.5 Å². The second-order valence-corrected chi connectivity index (χ2v) is 6.56. The summed E-state index contributed by atoms with van der Waals surface area (Å²) in [5.41, 5.74) is 2.20. The van der Waals surface area contributed by atoms with Crippen LogP contribution in [0.5, 0.6) is 5.75 Å². The molecule has 2 N–H and O–H groups in total. The highest BCUT2D eigenvalue weighted by molar-refractivity contribution is 5.79. The molecule has 5 nitrogen and oxygen atoms in total. The molecule has 0 aliphatic carbocycles. The fraction of sp³-hybridized carbons (Fsp3) is 0.429. The summed E-state index contributed by atoms with van der Waals surface area (Å²) in [6, 6.07) is 14.1. The molecule has 140 valence electrons. The van der Waals surface area contributed by atoms with Crippen molar-refractivity contribution >= 4 is 5.96 Å². The van der Waals surface area contributed by atoms with E-state index in [9.17, 15) is 0 Å². The molecule has 2 aromatic rings. The summed E-state index contributed by atoms with van der Waals surface area (Å²) in [5.74, 6) is 2.35. The number of ether oxygens (including phenoxy) is 1. The van der Waals surface area contributed by atoms with E-state index < -0.39 is 0 Å². The number of pyridine rings is 1. The van der Waals surface area contributed by atoms with Gasteiger partial charge in [0.25, 0.3) is 0 Å². The number of aliphatic imine (C=N–C) groups is 1.